The highest BCUT2D eigenvalue weighted by Gasteiger charge is 2.11. The van der Waals surface area contributed by atoms with E-state index in [0.717, 1.165) is 10.8 Å². The van der Waals surface area contributed by atoms with E-state index in [1.165, 1.54) is 0 Å². The summed E-state index contributed by atoms with van der Waals surface area (Å²) in [4.78, 5) is 11.5. The molecule has 0 saturated carbocycles. The number of rotatable bonds is 1. The van der Waals surface area contributed by atoms with Gasteiger partial charge in [0.1, 0.15) is 0 Å². The van der Waals surface area contributed by atoms with E-state index in [1.54, 1.807) is 12.1 Å². The Morgan fingerprint density at radius 2 is 1.86 bits per heavy atom. The summed E-state index contributed by atoms with van der Waals surface area (Å²) in [6.07, 6.45) is 0. The normalized spacial score (nSPS) is 10.4. The maximum Gasteiger partial charge on any atom is 0.337 e. The van der Waals surface area contributed by atoms with Gasteiger partial charge in [0.15, 0.2) is 0 Å². The summed E-state index contributed by atoms with van der Waals surface area (Å²) >= 11 is 4.13. The maximum absolute atomic E-state index is 11.0. The number of carboxylic acids is 1. The van der Waals surface area contributed by atoms with Gasteiger partial charge in [-0.3, -0.25) is 0 Å². The lowest BCUT2D eigenvalue weighted by atomic mass is 10.0. The van der Waals surface area contributed by atoms with Crippen molar-refractivity contribution in [1.82, 2.24) is 0 Å². The van der Waals surface area contributed by atoms with Crippen LogP contribution in [0.1, 0.15) is 10.4 Å². The van der Waals surface area contributed by atoms with Crippen LogP contribution < -0.4 is 0 Å². The van der Waals surface area contributed by atoms with Crippen molar-refractivity contribution in [2.75, 3.05) is 0 Å². The zero-order chi connectivity index (χ0) is 10.1. The maximum atomic E-state index is 11.0. The van der Waals surface area contributed by atoms with Crippen molar-refractivity contribution in [3.63, 3.8) is 0 Å². The predicted octanol–water partition coefficient (Wildman–Crippen LogP) is 2.83. The van der Waals surface area contributed by atoms with E-state index in [-0.39, 0.29) is 5.56 Å². The molecule has 0 aromatic heterocycles. The Morgan fingerprint density at radius 1 is 1.14 bits per heavy atom. The third-order valence-electron chi connectivity index (χ3n) is 2.12. The van der Waals surface area contributed by atoms with Gasteiger partial charge in [-0.1, -0.05) is 30.3 Å². The SMILES string of the molecule is O=C(O)c1c(S)ccc2ccccc12. The van der Waals surface area contributed by atoms with E-state index in [4.69, 9.17) is 5.11 Å². The highest BCUT2D eigenvalue weighted by molar-refractivity contribution is 7.80. The molecule has 1 N–H and O–H groups in total. The highest BCUT2D eigenvalue weighted by Crippen LogP contribution is 2.24. The topological polar surface area (TPSA) is 37.3 Å². The van der Waals surface area contributed by atoms with Gasteiger partial charge in [0.05, 0.1) is 5.56 Å². The predicted molar refractivity (Wildman–Crippen MR) is 58.2 cm³/mol. The fourth-order valence-electron chi connectivity index (χ4n) is 1.48. The first-order valence-electron chi connectivity index (χ1n) is 4.14. The van der Waals surface area contributed by atoms with Gasteiger partial charge in [-0.15, -0.1) is 12.6 Å². The van der Waals surface area contributed by atoms with Gasteiger partial charge in [0, 0.05) is 4.90 Å². The van der Waals surface area contributed by atoms with Crippen molar-refractivity contribution in [3.8, 4) is 0 Å². The van der Waals surface area contributed by atoms with Crippen molar-refractivity contribution in [1.29, 1.82) is 0 Å². The van der Waals surface area contributed by atoms with E-state index in [2.05, 4.69) is 12.6 Å². The van der Waals surface area contributed by atoms with E-state index in [0.29, 0.717) is 4.90 Å². The van der Waals surface area contributed by atoms with E-state index in [9.17, 15) is 4.79 Å². The van der Waals surface area contributed by atoms with Crippen LogP contribution in [0, 0.1) is 0 Å². The Bertz CT molecular complexity index is 506. The van der Waals surface area contributed by atoms with Crippen LogP contribution in [0.4, 0.5) is 0 Å². The first-order chi connectivity index (χ1) is 6.70. The van der Waals surface area contributed by atoms with Crippen molar-refractivity contribution in [3.05, 3.63) is 42.0 Å². The number of hydrogen-bond donors (Lipinski definition) is 2. The molecular weight excluding hydrogens is 196 g/mol. The molecule has 0 amide bonds. The van der Waals surface area contributed by atoms with E-state index < -0.39 is 5.97 Å². The molecule has 0 unspecified atom stereocenters. The second kappa shape index (κ2) is 3.35. The van der Waals surface area contributed by atoms with Crippen LogP contribution in [0.25, 0.3) is 10.8 Å². The molecule has 0 aliphatic rings. The van der Waals surface area contributed by atoms with E-state index in [1.807, 2.05) is 24.3 Å². The quantitative estimate of drug-likeness (QED) is 0.701. The van der Waals surface area contributed by atoms with Crippen LogP contribution in [-0.4, -0.2) is 11.1 Å². The summed E-state index contributed by atoms with van der Waals surface area (Å²) in [5, 5.41) is 10.7. The zero-order valence-corrected chi connectivity index (χ0v) is 8.16. The van der Waals surface area contributed by atoms with Gasteiger partial charge >= 0.3 is 5.97 Å². The molecule has 70 valence electrons. The molecule has 0 spiro atoms. The lowest BCUT2D eigenvalue weighted by molar-refractivity contribution is 0.0695. The van der Waals surface area contributed by atoms with Gasteiger partial charge in [0.25, 0.3) is 0 Å². The summed E-state index contributed by atoms with van der Waals surface area (Å²) < 4.78 is 0. The molecule has 0 heterocycles. The molecular formula is C11H8O2S. The van der Waals surface area contributed by atoms with Crippen molar-refractivity contribution in [2.45, 2.75) is 4.90 Å². The van der Waals surface area contributed by atoms with Crippen LogP contribution in [0.2, 0.25) is 0 Å². The van der Waals surface area contributed by atoms with Gasteiger partial charge in [-0.05, 0) is 16.8 Å². The fourth-order valence-corrected chi connectivity index (χ4v) is 1.78. The largest absolute Gasteiger partial charge is 0.478 e. The number of thiol groups is 1. The lowest BCUT2D eigenvalue weighted by Crippen LogP contribution is -1.98. The molecule has 2 nitrogen and oxygen atoms in total. The van der Waals surface area contributed by atoms with Crippen LogP contribution in [-0.2, 0) is 0 Å². The first-order valence-corrected chi connectivity index (χ1v) is 4.59. The van der Waals surface area contributed by atoms with Crippen LogP contribution in [0.15, 0.2) is 41.3 Å². The Labute approximate surface area is 86.6 Å². The minimum absolute atomic E-state index is 0.270. The summed E-state index contributed by atoms with van der Waals surface area (Å²) in [6, 6.07) is 10.9. The Kier molecular flexibility index (Phi) is 2.17. The van der Waals surface area contributed by atoms with Crippen molar-refractivity contribution in [2.24, 2.45) is 0 Å². The molecule has 14 heavy (non-hydrogen) atoms. The van der Waals surface area contributed by atoms with Crippen LogP contribution >= 0.6 is 12.6 Å². The summed E-state index contributed by atoms with van der Waals surface area (Å²) in [5.41, 5.74) is 0.270. The first kappa shape index (κ1) is 9.09. The minimum atomic E-state index is -0.938. The van der Waals surface area contributed by atoms with Gasteiger partial charge in [-0.25, -0.2) is 4.79 Å². The molecule has 0 aliphatic carbocycles. The summed E-state index contributed by atoms with van der Waals surface area (Å²) in [5.74, 6) is -0.938. The third-order valence-corrected chi connectivity index (χ3v) is 2.49. The molecule has 0 radical (unpaired) electrons. The molecule has 0 saturated heterocycles. The van der Waals surface area contributed by atoms with Gasteiger partial charge < -0.3 is 5.11 Å². The Hall–Kier alpha value is -1.48. The number of fused-ring (bicyclic) bond motifs is 1. The van der Waals surface area contributed by atoms with Crippen LogP contribution in [0.3, 0.4) is 0 Å². The fraction of sp³-hybridized carbons (Fsp3) is 0. The molecule has 2 aromatic carbocycles. The zero-order valence-electron chi connectivity index (χ0n) is 7.27. The van der Waals surface area contributed by atoms with Gasteiger partial charge in [0.2, 0.25) is 0 Å². The minimum Gasteiger partial charge on any atom is -0.478 e. The second-order valence-corrected chi connectivity index (χ2v) is 3.47. The summed E-state index contributed by atoms with van der Waals surface area (Å²) in [7, 11) is 0. The smallest absolute Gasteiger partial charge is 0.337 e. The van der Waals surface area contributed by atoms with Gasteiger partial charge in [-0.2, -0.15) is 0 Å². The van der Waals surface area contributed by atoms with Crippen molar-refractivity contribution >= 4 is 29.4 Å². The molecule has 0 fully saturated rings. The molecule has 0 bridgehead atoms. The average Bonchev–Trinajstić information content (AvgIpc) is 2.17. The molecule has 0 atom stereocenters. The monoisotopic (exact) mass is 204 g/mol. The number of carbonyl (C=O) groups is 1. The number of aromatic carboxylic acids is 1. The van der Waals surface area contributed by atoms with E-state index >= 15 is 0 Å². The number of benzene rings is 2. The van der Waals surface area contributed by atoms with Crippen molar-refractivity contribution < 1.29 is 9.90 Å². The Morgan fingerprint density at radius 3 is 2.57 bits per heavy atom. The standard InChI is InChI=1S/C11H8O2S/c12-11(13)10-8-4-2-1-3-7(8)5-6-9(10)14/h1-6,14H,(H,12,13). The lowest BCUT2D eigenvalue weighted by Gasteiger charge is -2.04. The number of hydrogen-bond acceptors (Lipinski definition) is 2. The Balaban J connectivity index is 2.90. The molecule has 3 heteroatoms. The second-order valence-electron chi connectivity index (χ2n) is 2.99. The summed E-state index contributed by atoms with van der Waals surface area (Å²) in [6.45, 7) is 0. The third kappa shape index (κ3) is 1.36. The molecule has 2 aromatic rings. The molecule has 2 rings (SSSR count). The number of carboxylic acid groups (broad SMARTS) is 1. The van der Waals surface area contributed by atoms with Crippen LogP contribution in [0.5, 0.6) is 0 Å². The highest BCUT2D eigenvalue weighted by atomic mass is 32.1. The average molecular weight is 204 g/mol. The molecule has 0 aliphatic heterocycles.